The van der Waals surface area contributed by atoms with E-state index in [4.69, 9.17) is 14.2 Å². The molecule has 0 saturated carbocycles. The Kier molecular flexibility index (Phi) is 21.3. The molecule has 0 rings (SSSR count). The Morgan fingerprint density at radius 3 is 1.62 bits per heavy atom. The van der Waals surface area contributed by atoms with Crippen LogP contribution in [-0.2, 0) is 28.6 Å². The molecule has 0 heterocycles. The minimum Gasteiger partial charge on any atom is -0.458 e. The van der Waals surface area contributed by atoms with E-state index in [9.17, 15) is 14.4 Å². The zero-order chi connectivity index (χ0) is 25.4. The third-order valence-electron chi connectivity index (χ3n) is 5.61. The smallest absolute Gasteiger partial charge is 0.333 e. The Hall–Kier alpha value is -2.11. The standard InChI is InChI=1S/C28H48O6/c1-5-7-8-9-10-11-12-13-14-15-16-17-18-19-20-21-27(30)34-25(22-32-26(29)6-2)23-33-28(31)24(3)4/h6,25H,2-3,5,7-23H2,1,4H3. The first-order chi connectivity index (χ1) is 16.4. The van der Waals surface area contributed by atoms with Gasteiger partial charge < -0.3 is 14.2 Å². The number of hydrogen-bond acceptors (Lipinski definition) is 6. The summed E-state index contributed by atoms with van der Waals surface area (Å²) >= 11 is 0. The van der Waals surface area contributed by atoms with Gasteiger partial charge in [0, 0.05) is 18.1 Å². The average molecular weight is 481 g/mol. The second kappa shape index (κ2) is 22.7. The molecule has 0 aromatic rings. The van der Waals surface area contributed by atoms with Gasteiger partial charge >= 0.3 is 17.9 Å². The summed E-state index contributed by atoms with van der Waals surface area (Å²) in [7, 11) is 0. The molecule has 34 heavy (non-hydrogen) atoms. The molecule has 196 valence electrons. The molecule has 0 radical (unpaired) electrons. The van der Waals surface area contributed by atoms with Gasteiger partial charge in [-0.1, -0.05) is 110 Å². The van der Waals surface area contributed by atoms with Crippen molar-refractivity contribution in [1.29, 1.82) is 0 Å². The Morgan fingerprint density at radius 2 is 1.18 bits per heavy atom. The molecular weight excluding hydrogens is 432 g/mol. The van der Waals surface area contributed by atoms with Gasteiger partial charge in [-0.05, 0) is 13.3 Å². The number of carbonyl (C=O) groups is 3. The molecule has 6 nitrogen and oxygen atoms in total. The lowest BCUT2D eigenvalue weighted by Crippen LogP contribution is -2.30. The minimum absolute atomic E-state index is 0.194. The van der Waals surface area contributed by atoms with Crippen molar-refractivity contribution < 1.29 is 28.6 Å². The molecule has 1 unspecified atom stereocenters. The molecule has 0 amide bonds. The summed E-state index contributed by atoms with van der Waals surface area (Å²) in [6, 6.07) is 0. The van der Waals surface area contributed by atoms with E-state index >= 15 is 0 Å². The molecule has 0 spiro atoms. The van der Waals surface area contributed by atoms with Crippen LogP contribution in [-0.4, -0.2) is 37.2 Å². The fraction of sp³-hybridized carbons (Fsp3) is 0.750. The molecule has 0 aliphatic carbocycles. The van der Waals surface area contributed by atoms with Crippen LogP contribution in [0.5, 0.6) is 0 Å². The molecule has 0 fully saturated rings. The Balaban J connectivity index is 3.81. The van der Waals surface area contributed by atoms with Gasteiger partial charge in [0.05, 0.1) is 0 Å². The van der Waals surface area contributed by atoms with Gasteiger partial charge in [0.1, 0.15) is 13.2 Å². The first-order valence-corrected chi connectivity index (χ1v) is 13.2. The fourth-order valence-electron chi connectivity index (χ4n) is 3.53. The van der Waals surface area contributed by atoms with E-state index in [0.29, 0.717) is 6.42 Å². The first kappa shape index (κ1) is 31.9. The number of rotatable bonds is 23. The number of unbranched alkanes of at least 4 members (excludes halogenated alkanes) is 14. The van der Waals surface area contributed by atoms with Crippen molar-refractivity contribution in [2.75, 3.05) is 13.2 Å². The van der Waals surface area contributed by atoms with Crippen LogP contribution in [0.3, 0.4) is 0 Å². The zero-order valence-electron chi connectivity index (χ0n) is 21.7. The maximum atomic E-state index is 12.1. The highest BCUT2D eigenvalue weighted by atomic mass is 16.6. The normalized spacial score (nSPS) is 11.5. The zero-order valence-corrected chi connectivity index (χ0v) is 21.7. The first-order valence-electron chi connectivity index (χ1n) is 13.2. The summed E-state index contributed by atoms with van der Waals surface area (Å²) in [5.41, 5.74) is 0.242. The summed E-state index contributed by atoms with van der Waals surface area (Å²) in [5.74, 6) is -1.60. The number of ether oxygens (including phenoxy) is 3. The van der Waals surface area contributed by atoms with Gasteiger partial charge in [-0.25, -0.2) is 9.59 Å². The maximum Gasteiger partial charge on any atom is 0.333 e. The van der Waals surface area contributed by atoms with Gasteiger partial charge in [-0.2, -0.15) is 0 Å². The van der Waals surface area contributed by atoms with Crippen molar-refractivity contribution in [3.05, 3.63) is 24.8 Å². The quantitative estimate of drug-likeness (QED) is 0.0677. The monoisotopic (exact) mass is 480 g/mol. The predicted molar refractivity (Wildman–Crippen MR) is 136 cm³/mol. The summed E-state index contributed by atoms with van der Waals surface area (Å²) in [6.07, 6.45) is 19.4. The molecule has 0 aromatic heterocycles. The molecule has 0 saturated heterocycles. The van der Waals surface area contributed by atoms with Crippen LogP contribution in [0.15, 0.2) is 24.8 Å². The van der Waals surface area contributed by atoms with E-state index in [1.807, 2.05) is 0 Å². The number of hydrogen-bond donors (Lipinski definition) is 0. The summed E-state index contributed by atoms with van der Waals surface area (Å²) < 4.78 is 15.3. The molecule has 0 aromatic carbocycles. The lowest BCUT2D eigenvalue weighted by Gasteiger charge is -2.17. The van der Waals surface area contributed by atoms with Crippen LogP contribution < -0.4 is 0 Å². The Bertz CT molecular complexity index is 583. The fourth-order valence-corrected chi connectivity index (χ4v) is 3.53. The van der Waals surface area contributed by atoms with E-state index in [2.05, 4.69) is 20.1 Å². The largest absolute Gasteiger partial charge is 0.458 e. The van der Waals surface area contributed by atoms with Crippen molar-refractivity contribution in [1.82, 2.24) is 0 Å². The van der Waals surface area contributed by atoms with Crippen molar-refractivity contribution in [2.45, 2.75) is 123 Å². The third kappa shape index (κ3) is 20.5. The van der Waals surface area contributed by atoms with Crippen LogP contribution in [0, 0.1) is 0 Å². The van der Waals surface area contributed by atoms with Gasteiger partial charge in [0.2, 0.25) is 0 Å². The molecule has 0 bridgehead atoms. The topological polar surface area (TPSA) is 78.9 Å². The number of esters is 3. The predicted octanol–water partition coefficient (Wildman–Crippen LogP) is 7.01. The molecule has 0 aliphatic rings. The van der Waals surface area contributed by atoms with E-state index in [-0.39, 0.29) is 24.8 Å². The molecule has 1 atom stereocenters. The second-order valence-electron chi connectivity index (χ2n) is 9.02. The average Bonchev–Trinajstić information content (AvgIpc) is 2.82. The van der Waals surface area contributed by atoms with Crippen LogP contribution >= 0.6 is 0 Å². The van der Waals surface area contributed by atoms with E-state index in [0.717, 1.165) is 25.3 Å². The van der Waals surface area contributed by atoms with Gasteiger partial charge in [-0.3, -0.25) is 4.79 Å². The van der Waals surface area contributed by atoms with Crippen molar-refractivity contribution in [2.24, 2.45) is 0 Å². The van der Waals surface area contributed by atoms with Gasteiger partial charge in [0.15, 0.2) is 6.10 Å². The summed E-state index contributed by atoms with van der Waals surface area (Å²) in [5, 5.41) is 0. The lowest BCUT2D eigenvalue weighted by atomic mass is 10.0. The molecule has 6 heteroatoms. The van der Waals surface area contributed by atoms with E-state index < -0.39 is 18.0 Å². The van der Waals surface area contributed by atoms with Crippen molar-refractivity contribution >= 4 is 17.9 Å². The van der Waals surface area contributed by atoms with Crippen LogP contribution in [0.2, 0.25) is 0 Å². The van der Waals surface area contributed by atoms with Crippen LogP contribution in [0.1, 0.15) is 117 Å². The lowest BCUT2D eigenvalue weighted by molar-refractivity contribution is -0.164. The number of carbonyl (C=O) groups excluding carboxylic acids is 3. The summed E-state index contributed by atoms with van der Waals surface area (Å²) in [6.45, 7) is 10.2. The van der Waals surface area contributed by atoms with Crippen molar-refractivity contribution in [3.8, 4) is 0 Å². The Labute approximate surface area is 207 Å². The van der Waals surface area contributed by atoms with Gasteiger partial charge in [0.25, 0.3) is 0 Å². The highest BCUT2D eigenvalue weighted by molar-refractivity contribution is 5.87. The second-order valence-corrected chi connectivity index (χ2v) is 9.02. The molecule has 0 aliphatic heterocycles. The maximum absolute atomic E-state index is 12.1. The third-order valence-corrected chi connectivity index (χ3v) is 5.61. The SMILES string of the molecule is C=CC(=O)OCC(COC(=O)C(=C)C)OC(=O)CCCCCCCCCCCCCCCCC. The van der Waals surface area contributed by atoms with E-state index in [1.54, 1.807) is 0 Å². The van der Waals surface area contributed by atoms with Crippen LogP contribution in [0.4, 0.5) is 0 Å². The highest BCUT2D eigenvalue weighted by Gasteiger charge is 2.19. The van der Waals surface area contributed by atoms with Crippen molar-refractivity contribution in [3.63, 3.8) is 0 Å². The van der Waals surface area contributed by atoms with Gasteiger partial charge in [-0.15, -0.1) is 0 Å². The Morgan fingerprint density at radius 1 is 0.735 bits per heavy atom. The highest BCUT2D eigenvalue weighted by Crippen LogP contribution is 2.14. The van der Waals surface area contributed by atoms with Crippen LogP contribution in [0.25, 0.3) is 0 Å². The molecule has 0 N–H and O–H groups in total. The van der Waals surface area contributed by atoms with E-state index in [1.165, 1.54) is 84.0 Å². The summed E-state index contributed by atoms with van der Waals surface area (Å²) in [4.78, 5) is 35.0. The minimum atomic E-state index is -0.851. The molecular formula is C28H48O6.